The molecule has 2 aromatic carbocycles. The van der Waals surface area contributed by atoms with E-state index in [2.05, 4.69) is 5.32 Å². The Bertz CT molecular complexity index is 753. The Labute approximate surface area is 140 Å². The Morgan fingerprint density at radius 3 is 2.33 bits per heavy atom. The minimum absolute atomic E-state index is 0.255. The van der Waals surface area contributed by atoms with Crippen LogP contribution in [0.25, 0.3) is 0 Å². The monoisotopic (exact) mass is 329 g/mol. The molecule has 1 amide bonds. The number of aliphatic carboxylic acids is 1. The highest BCUT2D eigenvalue weighted by molar-refractivity contribution is 5.98. The predicted octanol–water partition coefficient (Wildman–Crippen LogP) is 3.93. The van der Waals surface area contributed by atoms with E-state index in [0.29, 0.717) is 16.8 Å². The largest absolute Gasteiger partial charge is 0.481 e. The molecule has 2 aromatic rings. The number of benzene rings is 2. The topological polar surface area (TPSA) is 66.4 Å². The number of halogens is 1. The van der Waals surface area contributed by atoms with E-state index in [9.17, 15) is 14.0 Å². The van der Waals surface area contributed by atoms with Crippen molar-refractivity contribution in [3.63, 3.8) is 0 Å². The van der Waals surface area contributed by atoms with Crippen LogP contribution >= 0.6 is 0 Å². The molecule has 0 saturated heterocycles. The van der Waals surface area contributed by atoms with Crippen LogP contribution in [0.2, 0.25) is 0 Å². The van der Waals surface area contributed by atoms with Gasteiger partial charge in [0.05, 0.1) is 11.3 Å². The van der Waals surface area contributed by atoms with Gasteiger partial charge in [-0.25, -0.2) is 4.39 Å². The summed E-state index contributed by atoms with van der Waals surface area (Å²) in [7, 11) is 0. The molecule has 5 heteroatoms. The SMILES string of the molecule is CC(C(=O)O)c1cccc(NC(=O)C(C)(C)c2ccc(F)cc2)c1. The summed E-state index contributed by atoms with van der Waals surface area (Å²) in [6.45, 7) is 5.09. The molecule has 0 aliphatic rings. The Balaban J connectivity index is 2.21. The molecule has 0 heterocycles. The summed E-state index contributed by atoms with van der Waals surface area (Å²) in [6.07, 6.45) is 0. The average molecular weight is 329 g/mol. The van der Waals surface area contributed by atoms with Gasteiger partial charge in [0.2, 0.25) is 5.91 Å². The maximum atomic E-state index is 13.1. The third kappa shape index (κ3) is 3.79. The van der Waals surface area contributed by atoms with Gasteiger partial charge in [-0.1, -0.05) is 24.3 Å². The van der Waals surface area contributed by atoms with Crippen molar-refractivity contribution in [1.29, 1.82) is 0 Å². The predicted molar refractivity (Wildman–Crippen MR) is 90.5 cm³/mol. The van der Waals surface area contributed by atoms with Gasteiger partial charge in [-0.3, -0.25) is 9.59 Å². The van der Waals surface area contributed by atoms with Gasteiger partial charge in [-0.2, -0.15) is 0 Å². The number of hydrogen-bond donors (Lipinski definition) is 2. The van der Waals surface area contributed by atoms with Crippen molar-refractivity contribution in [1.82, 2.24) is 0 Å². The first-order valence-electron chi connectivity index (χ1n) is 7.62. The lowest BCUT2D eigenvalue weighted by Crippen LogP contribution is -2.34. The van der Waals surface area contributed by atoms with E-state index < -0.39 is 17.3 Å². The van der Waals surface area contributed by atoms with Gasteiger partial charge in [-0.05, 0) is 56.2 Å². The van der Waals surface area contributed by atoms with E-state index >= 15 is 0 Å². The lowest BCUT2D eigenvalue weighted by Gasteiger charge is -2.24. The number of carbonyl (C=O) groups excluding carboxylic acids is 1. The summed E-state index contributed by atoms with van der Waals surface area (Å²) >= 11 is 0. The molecule has 2 rings (SSSR count). The Kier molecular flexibility index (Phi) is 5.02. The molecule has 0 aliphatic carbocycles. The number of carbonyl (C=O) groups is 2. The maximum Gasteiger partial charge on any atom is 0.310 e. The van der Waals surface area contributed by atoms with Crippen molar-refractivity contribution in [2.24, 2.45) is 0 Å². The van der Waals surface area contributed by atoms with Crippen LogP contribution < -0.4 is 5.32 Å². The van der Waals surface area contributed by atoms with Crippen molar-refractivity contribution in [3.8, 4) is 0 Å². The van der Waals surface area contributed by atoms with Crippen LogP contribution in [0.5, 0.6) is 0 Å². The number of rotatable bonds is 5. The lowest BCUT2D eigenvalue weighted by atomic mass is 9.83. The minimum atomic E-state index is -0.926. The molecule has 0 spiro atoms. The van der Waals surface area contributed by atoms with Crippen LogP contribution in [0.4, 0.5) is 10.1 Å². The number of amides is 1. The van der Waals surface area contributed by atoms with Crippen molar-refractivity contribution < 1.29 is 19.1 Å². The van der Waals surface area contributed by atoms with Crippen LogP contribution in [0.3, 0.4) is 0 Å². The van der Waals surface area contributed by atoms with Crippen molar-refractivity contribution >= 4 is 17.6 Å². The summed E-state index contributed by atoms with van der Waals surface area (Å²) in [5, 5.41) is 11.9. The third-order valence-electron chi connectivity index (χ3n) is 4.15. The van der Waals surface area contributed by atoms with Crippen LogP contribution in [0.15, 0.2) is 48.5 Å². The van der Waals surface area contributed by atoms with E-state index in [-0.39, 0.29) is 11.7 Å². The molecule has 4 nitrogen and oxygen atoms in total. The van der Waals surface area contributed by atoms with E-state index in [1.807, 2.05) is 0 Å². The van der Waals surface area contributed by atoms with Crippen molar-refractivity contribution in [2.75, 3.05) is 5.32 Å². The molecule has 24 heavy (non-hydrogen) atoms. The van der Waals surface area contributed by atoms with Crippen molar-refractivity contribution in [3.05, 3.63) is 65.5 Å². The first-order chi connectivity index (χ1) is 11.2. The fourth-order valence-corrected chi connectivity index (χ4v) is 2.31. The fraction of sp³-hybridized carbons (Fsp3) is 0.263. The van der Waals surface area contributed by atoms with E-state index in [1.54, 1.807) is 57.2 Å². The Morgan fingerprint density at radius 2 is 1.75 bits per heavy atom. The molecule has 2 N–H and O–H groups in total. The Hall–Kier alpha value is -2.69. The van der Waals surface area contributed by atoms with E-state index in [0.717, 1.165) is 0 Å². The smallest absolute Gasteiger partial charge is 0.310 e. The van der Waals surface area contributed by atoms with Crippen LogP contribution in [0, 0.1) is 5.82 Å². The maximum absolute atomic E-state index is 13.1. The van der Waals surface area contributed by atoms with Gasteiger partial charge in [-0.15, -0.1) is 0 Å². The minimum Gasteiger partial charge on any atom is -0.481 e. The van der Waals surface area contributed by atoms with Gasteiger partial charge in [0.25, 0.3) is 0 Å². The molecular formula is C19H20FNO3. The summed E-state index contributed by atoms with van der Waals surface area (Å²) in [6, 6.07) is 12.6. The zero-order valence-electron chi connectivity index (χ0n) is 13.8. The quantitative estimate of drug-likeness (QED) is 0.873. The third-order valence-corrected chi connectivity index (χ3v) is 4.15. The molecule has 1 unspecified atom stereocenters. The van der Waals surface area contributed by atoms with Gasteiger partial charge < -0.3 is 10.4 Å². The molecule has 126 valence electrons. The zero-order valence-corrected chi connectivity index (χ0v) is 13.8. The molecule has 0 aromatic heterocycles. The standard InChI is InChI=1S/C19H20FNO3/c1-12(17(22)23)13-5-4-6-16(11-13)21-18(24)19(2,3)14-7-9-15(20)10-8-14/h4-12H,1-3H3,(H,21,24)(H,22,23). The zero-order chi connectivity index (χ0) is 17.9. The summed E-state index contributed by atoms with van der Waals surface area (Å²) < 4.78 is 13.1. The number of nitrogens with one attached hydrogen (secondary N) is 1. The second-order valence-electron chi connectivity index (χ2n) is 6.27. The number of carboxylic acid groups (broad SMARTS) is 1. The first kappa shape index (κ1) is 17.7. The number of carboxylic acids is 1. The highest BCUT2D eigenvalue weighted by atomic mass is 19.1. The summed E-state index contributed by atoms with van der Waals surface area (Å²) in [5.74, 6) is -2.20. The average Bonchev–Trinajstić information content (AvgIpc) is 2.54. The molecule has 0 radical (unpaired) electrons. The molecule has 1 atom stereocenters. The summed E-state index contributed by atoms with van der Waals surface area (Å²) in [4.78, 5) is 23.7. The van der Waals surface area contributed by atoms with Crippen molar-refractivity contribution in [2.45, 2.75) is 32.1 Å². The van der Waals surface area contributed by atoms with Crippen LogP contribution in [-0.4, -0.2) is 17.0 Å². The van der Waals surface area contributed by atoms with Gasteiger partial charge >= 0.3 is 5.97 Å². The van der Waals surface area contributed by atoms with Gasteiger partial charge in [0.1, 0.15) is 5.82 Å². The normalized spacial score (nSPS) is 12.5. The van der Waals surface area contributed by atoms with Gasteiger partial charge in [0.15, 0.2) is 0 Å². The molecule has 0 saturated carbocycles. The van der Waals surface area contributed by atoms with Crippen LogP contribution in [-0.2, 0) is 15.0 Å². The highest BCUT2D eigenvalue weighted by Crippen LogP contribution is 2.26. The Morgan fingerprint density at radius 1 is 1.12 bits per heavy atom. The van der Waals surface area contributed by atoms with Crippen LogP contribution in [0.1, 0.15) is 37.8 Å². The first-order valence-corrected chi connectivity index (χ1v) is 7.62. The molecule has 0 aliphatic heterocycles. The molecular weight excluding hydrogens is 309 g/mol. The van der Waals surface area contributed by atoms with Gasteiger partial charge in [0, 0.05) is 5.69 Å². The van der Waals surface area contributed by atoms with E-state index in [4.69, 9.17) is 5.11 Å². The second-order valence-corrected chi connectivity index (χ2v) is 6.27. The number of anilines is 1. The van der Waals surface area contributed by atoms with E-state index in [1.165, 1.54) is 12.1 Å². The number of hydrogen-bond acceptors (Lipinski definition) is 2. The molecule has 0 fully saturated rings. The fourth-order valence-electron chi connectivity index (χ4n) is 2.31. The molecule has 0 bridgehead atoms. The lowest BCUT2D eigenvalue weighted by molar-refractivity contribution is -0.138. The second kappa shape index (κ2) is 6.83. The summed E-state index contributed by atoms with van der Waals surface area (Å²) in [5.41, 5.74) is 0.972. The highest BCUT2D eigenvalue weighted by Gasteiger charge is 2.30.